The third kappa shape index (κ3) is 9.99. The highest BCUT2D eigenvalue weighted by atomic mass is 16.5. The summed E-state index contributed by atoms with van der Waals surface area (Å²) in [6.07, 6.45) is 27.8. The Morgan fingerprint density at radius 1 is 0.857 bits per heavy atom. The van der Waals surface area contributed by atoms with Gasteiger partial charge in [-0.05, 0) is 54.0 Å². The van der Waals surface area contributed by atoms with Crippen LogP contribution in [0.5, 0.6) is 5.75 Å². The molecule has 0 spiro atoms. The lowest BCUT2D eigenvalue weighted by Gasteiger charge is -2.22. The first-order chi connectivity index (χ1) is 20.6. The Hall–Kier alpha value is -3.69. The summed E-state index contributed by atoms with van der Waals surface area (Å²) >= 11 is 0. The van der Waals surface area contributed by atoms with E-state index in [-0.39, 0.29) is 5.91 Å². The monoisotopic (exact) mass is 566 g/mol. The first kappa shape index (κ1) is 31.3. The number of amides is 1. The molecule has 2 aliphatic heterocycles. The van der Waals surface area contributed by atoms with Crippen LogP contribution in [-0.2, 0) is 17.8 Å². The van der Waals surface area contributed by atoms with Crippen LogP contribution >= 0.6 is 0 Å². The minimum Gasteiger partial charge on any atom is -0.494 e. The van der Waals surface area contributed by atoms with Crippen molar-refractivity contribution >= 4 is 17.4 Å². The fourth-order valence-corrected chi connectivity index (χ4v) is 5.51. The van der Waals surface area contributed by atoms with E-state index in [1.165, 1.54) is 70.6 Å². The average molecular weight is 567 g/mol. The first-order valence-electron chi connectivity index (χ1n) is 16.1. The zero-order valence-corrected chi connectivity index (χ0v) is 25.7. The summed E-state index contributed by atoms with van der Waals surface area (Å²) < 4.78 is 6.08. The lowest BCUT2D eigenvalue weighted by molar-refractivity contribution is -0.116. The number of nitrogens with zero attached hydrogens (tertiary/aromatic N) is 3. The van der Waals surface area contributed by atoms with Gasteiger partial charge in [0.1, 0.15) is 5.75 Å². The summed E-state index contributed by atoms with van der Waals surface area (Å²) in [6, 6.07) is 16.3. The Labute approximate surface area is 253 Å². The van der Waals surface area contributed by atoms with Crippen molar-refractivity contribution in [3.63, 3.8) is 0 Å². The van der Waals surface area contributed by atoms with E-state index in [0.29, 0.717) is 13.0 Å². The lowest BCUT2D eigenvalue weighted by atomic mass is 10.1. The molecule has 5 nitrogen and oxygen atoms in total. The number of allylic oxidation sites excluding steroid dienone is 3. The highest BCUT2D eigenvalue weighted by Gasteiger charge is 2.28. The van der Waals surface area contributed by atoms with E-state index in [9.17, 15) is 4.79 Å². The van der Waals surface area contributed by atoms with Crippen LogP contribution in [0, 0.1) is 6.20 Å². The average Bonchev–Trinajstić information content (AvgIpc) is 3.41. The molecule has 42 heavy (non-hydrogen) atoms. The van der Waals surface area contributed by atoms with Gasteiger partial charge in [0.05, 0.1) is 25.6 Å². The number of ether oxygens (including phenoxy) is 1. The zero-order chi connectivity index (χ0) is 29.4. The van der Waals surface area contributed by atoms with Crippen LogP contribution < -0.4 is 9.64 Å². The van der Waals surface area contributed by atoms with Crippen LogP contribution in [0.2, 0.25) is 0 Å². The van der Waals surface area contributed by atoms with Crippen molar-refractivity contribution in [3.05, 3.63) is 96.0 Å². The van der Waals surface area contributed by atoms with Gasteiger partial charge in [0.25, 0.3) is 0 Å². The molecule has 0 saturated heterocycles. The number of hydrogen-bond acceptors (Lipinski definition) is 4. The summed E-state index contributed by atoms with van der Waals surface area (Å²) in [5.74, 6) is 1.81. The summed E-state index contributed by atoms with van der Waals surface area (Å²) in [4.78, 5) is 21.1. The Morgan fingerprint density at radius 3 is 2.29 bits per heavy atom. The third-order valence-corrected chi connectivity index (χ3v) is 7.91. The molecule has 0 N–H and O–H groups in total. The van der Waals surface area contributed by atoms with E-state index in [4.69, 9.17) is 4.74 Å². The predicted octanol–water partition coefficient (Wildman–Crippen LogP) is 9.30. The highest BCUT2D eigenvalue weighted by molar-refractivity contribution is 5.92. The Morgan fingerprint density at radius 2 is 1.55 bits per heavy atom. The van der Waals surface area contributed by atoms with Crippen molar-refractivity contribution in [2.24, 2.45) is 4.99 Å². The van der Waals surface area contributed by atoms with Crippen LogP contribution in [0.25, 0.3) is 0 Å². The molecule has 2 aromatic rings. The number of hydrogen-bond donors (Lipinski definition) is 0. The maximum Gasteiger partial charge on any atom is 0.247 e. The van der Waals surface area contributed by atoms with Gasteiger partial charge in [0.2, 0.25) is 17.4 Å². The van der Waals surface area contributed by atoms with Crippen LogP contribution in [0.4, 0.5) is 5.69 Å². The highest BCUT2D eigenvalue weighted by Crippen LogP contribution is 2.25. The second-order valence-corrected chi connectivity index (χ2v) is 11.4. The van der Waals surface area contributed by atoms with Crippen LogP contribution in [-0.4, -0.2) is 23.2 Å². The number of benzene rings is 2. The topological polar surface area (TPSA) is 45.1 Å². The number of anilines is 1. The smallest absolute Gasteiger partial charge is 0.247 e. The van der Waals surface area contributed by atoms with Gasteiger partial charge in [-0.2, -0.15) is 0 Å². The quantitative estimate of drug-likeness (QED) is 0.126. The third-order valence-electron chi connectivity index (χ3n) is 7.91. The van der Waals surface area contributed by atoms with Crippen LogP contribution in [0.15, 0.2) is 83.6 Å². The van der Waals surface area contributed by atoms with E-state index in [2.05, 4.69) is 47.3 Å². The molecular formula is C37H48N3O2+. The number of carbonyl (C=O) groups excluding carboxylic acids is 1. The van der Waals surface area contributed by atoms with Crippen LogP contribution in [0.1, 0.15) is 102 Å². The number of unbranched alkanes of at least 4 members (excludes halogenated alkanes) is 11. The minimum absolute atomic E-state index is 0.00885. The standard InChI is InChI=1S/C37H48N3O2/c1-3-4-5-6-7-8-9-10-11-12-13-16-25-42-36-23-18-20-33(27-36)30-40(31(2)41)34-22-17-19-32(26-34)28-37-38-29-35-21-14-15-24-39(35)37/h14-15,17-24,26-27H,3-13,16,25,28,30H2,1-2H3/q+1. The summed E-state index contributed by atoms with van der Waals surface area (Å²) in [6.45, 7) is 5.13. The van der Waals surface area contributed by atoms with E-state index < -0.39 is 0 Å². The number of fused-ring (bicyclic) bond motifs is 1. The van der Waals surface area contributed by atoms with E-state index >= 15 is 0 Å². The normalized spacial score (nSPS) is 13.4. The number of rotatable bonds is 19. The Kier molecular flexibility index (Phi) is 12.9. The molecule has 222 valence electrons. The Balaban J connectivity index is 1.19. The SMILES string of the molecule is CCCCCCCCCCCCCCOc1cccc(CN(C(C)=O)c2cccc(CC3=N[C+]=C4C=CC=CN43)c2)c1. The van der Waals surface area contributed by atoms with Gasteiger partial charge in [-0.3, -0.25) is 4.79 Å². The number of amidine groups is 1. The van der Waals surface area contributed by atoms with E-state index in [0.717, 1.165) is 47.1 Å². The first-order valence-corrected chi connectivity index (χ1v) is 16.1. The van der Waals surface area contributed by atoms with Crippen molar-refractivity contribution < 1.29 is 9.53 Å². The molecule has 0 saturated carbocycles. The summed E-state index contributed by atoms with van der Waals surface area (Å²) in [5.41, 5.74) is 3.99. The molecule has 2 heterocycles. The van der Waals surface area contributed by atoms with E-state index in [1.54, 1.807) is 6.92 Å². The van der Waals surface area contributed by atoms with Gasteiger partial charge in [-0.25, -0.2) is 4.90 Å². The Bertz CT molecular complexity index is 1260. The van der Waals surface area contributed by atoms with Gasteiger partial charge >= 0.3 is 0 Å². The van der Waals surface area contributed by atoms with Gasteiger partial charge < -0.3 is 9.64 Å². The maximum atomic E-state index is 12.7. The molecule has 0 aliphatic carbocycles. The van der Waals surface area contributed by atoms with Crippen molar-refractivity contribution in [3.8, 4) is 5.75 Å². The molecule has 0 bridgehead atoms. The zero-order valence-electron chi connectivity index (χ0n) is 25.7. The van der Waals surface area contributed by atoms with Gasteiger partial charge in [-0.1, -0.05) is 107 Å². The molecule has 1 amide bonds. The second-order valence-electron chi connectivity index (χ2n) is 11.4. The molecule has 0 unspecified atom stereocenters. The fourth-order valence-electron chi connectivity index (χ4n) is 5.51. The van der Waals surface area contributed by atoms with Gasteiger partial charge in [0, 0.05) is 18.8 Å². The molecule has 0 fully saturated rings. The van der Waals surface area contributed by atoms with Gasteiger partial charge in [-0.15, -0.1) is 0 Å². The summed E-state index contributed by atoms with van der Waals surface area (Å²) in [7, 11) is 0. The van der Waals surface area contributed by atoms with Crippen molar-refractivity contribution in [2.45, 2.75) is 104 Å². The molecule has 2 aromatic carbocycles. The number of aliphatic imine (C=N–C) groups is 1. The minimum atomic E-state index is 0.00885. The molecular weight excluding hydrogens is 518 g/mol. The molecule has 5 heteroatoms. The summed E-state index contributed by atoms with van der Waals surface area (Å²) in [5, 5.41) is 0. The largest absolute Gasteiger partial charge is 0.494 e. The van der Waals surface area contributed by atoms with Crippen molar-refractivity contribution in [1.29, 1.82) is 0 Å². The molecule has 0 radical (unpaired) electrons. The molecule has 0 aromatic heterocycles. The van der Waals surface area contributed by atoms with E-state index in [1.807, 2.05) is 53.6 Å². The van der Waals surface area contributed by atoms with Crippen molar-refractivity contribution in [2.75, 3.05) is 11.5 Å². The fraction of sp³-hybridized carbons (Fsp3) is 0.459. The number of carbonyl (C=O) groups is 1. The molecule has 0 atom stereocenters. The van der Waals surface area contributed by atoms with Gasteiger partial charge in [0.15, 0.2) is 6.20 Å². The van der Waals surface area contributed by atoms with Crippen LogP contribution in [0.3, 0.4) is 0 Å². The predicted molar refractivity (Wildman–Crippen MR) is 174 cm³/mol. The lowest BCUT2D eigenvalue weighted by Crippen LogP contribution is -2.28. The maximum absolute atomic E-state index is 12.7. The molecule has 4 rings (SSSR count). The second kappa shape index (κ2) is 17.3. The molecule has 2 aliphatic rings. The van der Waals surface area contributed by atoms with Crippen molar-refractivity contribution in [1.82, 2.24) is 4.90 Å².